The van der Waals surface area contributed by atoms with E-state index in [1.807, 2.05) is 6.92 Å². The van der Waals surface area contributed by atoms with Gasteiger partial charge in [0.25, 0.3) is 0 Å². The Morgan fingerprint density at radius 1 is 1.29 bits per heavy atom. The topological polar surface area (TPSA) is 29.3 Å². The average Bonchev–Trinajstić information content (AvgIpc) is 2.37. The second kappa shape index (κ2) is 7.36. The predicted octanol–water partition coefficient (Wildman–Crippen LogP) is 4.40. The molecule has 0 aromatic heterocycles. The van der Waals surface area contributed by atoms with Crippen molar-refractivity contribution in [3.05, 3.63) is 28.8 Å². The number of rotatable bonds is 6. The Bertz CT molecular complexity index is 461. The summed E-state index contributed by atoms with van der Waals surface area (Å²) >= 11 is 6.19. The molecule has 6 heteroatoms. The van der Waals surface area contributed by atoms with Crippen LogP contribution in [0.3, 0.4) is 0 Å². The van der Waals surface area contributed by atoms with Gasteiger partial charge in [0.2, 0.25) is 0 Å². The van der Waals surface area contributed by atoms with E-state index in [-0.39, 0.29) is 12.1 Å². The first kappa shape index (κ1) is 18.1. The van der Waals surface area contributed by atoms with Crippen LogP contribution < -0.4 is 10.6 Å². The van der Waals surface area contributed by atoms with Crippen LogP contribution in [0.1, 0.15) is 32.8 Å². The lowest BCUT2D eigenvalue weighted by Gasteiger charge is -2.32. The van der Waals surface area contributed by atoms with Crippen molar-refractivity contribution in [1.82, 2.24) is 0 Å². The van der Waals surface area contributed by atoms with Crippen molar-refractivity contribution >= 4 is 17.3 Å². The van der Waals surface area contributed by atoms with Crippen LogP contribution in [0, 0.1) is 0 Å². The molecule has 1 unspecified atom stereocenters. The first-order chi connectivity index (χ1) is 9.65. The zero-order valence-corrected chi connectivity index (χ0v) is 13.3. The predicted molar refractivity (Wildman–Crippen MR) is 82.0 cm³/mol. The number of halogens is 4. The monoisotopic (exact) mass is 322 g/mol. The molecule has 0 heterocycles. The molecule has 0 bridgehead atoms. The minimum absolute atomic E-state index is 0.122. The molecule has 1 rings (SSSR count). The van der Waals surface area contributed by atoms with Crippen LogP contribution in [-0.4, -0.2) is 24.8 Å². The Balaban J connectivity index is 3.21. The Morgan fingerprint density at radius 3 is 2.38 bits per heavy atom. The van der Waals surface area contributed by atoms with Gasteiger partial charge in [0.1, 0.15) is 6.54 Å². The Morgan fingerprint density at radius 2 is 1.90 bits per heavy atom. The zero-order valence-electron chi connectivity index (χ0n) is 12.5. The maximum Gasteiger partial charge on any atom is 0.405 e. The van der Waals surface area contributed by atoms with Gasteiger partial charge < -0.3 is 10.6 Å². The minimum Gasteiger partial charge on any atom is -0.360 e. The molecule has 0 fully saturated rings. The third-order valence-corrected chi connectivity index (χ3v) is 3.72. The van der Waals surface area contributed by atoms with Gasteiger partial charge in [-0.3, -0.25) is 0 Å². The molecular formula is C15H22ClF3N2. The molecule has 2 nitrogen and oxygen atoms in total. The number of hydrogen-bond donors (Lipinski definition) is 1. The number of benzene rings is 1. The molecule has 0 saturated carbocycles. The SMILES string of the molecule is CCC(N)Cc1c(Cl)cccc1N(CC(F)(F)F)C(C)C. The minimum atomic E-state index is -4.27. The fourth-order valence-corrected chi connectivity index (χ4v) is 2.41. The van der Waals surface area contributed by atoms with E-state index in [0.29, 0.717) is 22.7 Å². The van der Waals surface area contributed by atoms with Crippen molar-refractivity contribution < 1.29 is 13.2 Å². The highest BCUT2D eigenvalue weighted by atomic mass is 35.5. The van der Waals surface area contributed by atoms with Crippen LogP contribution >= 0.6 is 11.6 Å². The van der Waals surface area contributed by atoms with Gasteiger partial charge in [0.05, 0.1) is 0 Å². The molecule has 0 saturated heterocycles. The molecule has 1 atom stereocenters. The van der Waals surface area contributed by atoms with Gasteiger partial charge >= 0.3 is 6.18 Å². The van der Waals surface area contributed by atoms with E-state index in [9.17, 15) is 13.2 Å². The lowest BCUT2D eigenvalue weighted by molar-refractivity contribution is -0.120. The van der Waals surface area contributed by atoms with Crippen LogP contribution in [0.15, 0.2) is 18.2 Å². The van der Waals surface area contributed by atoms with Gasteiger partial charge in [-0.15, -0.1) is 0 Å². The van der Waals surface area contributed by atoms with E-state index < -0.39 is 12.7 Å². The van der Waals surface area contributed by atoms with Gasteiger partial charge in [0.15, 0.2) is 0 Å². The maximum absolute atomic E-state index is 12.8. The Labute approximate surface area is 129 Å². The van der Waals surface area contributed by atoms with E-state index >= 15 is 0 Å². The molecule has 0 spiro atoms. The Hall–Kier alpha value is -0.940. The summed E-state index contributed by atoms with van der Waals surface area (Å²) in [4.78, 5) is 1.32. The molecule has 0 amide bonds. The quantitative estimate of drug-likeness (QED) is 0.841. The number of hydrogen-bond acceptors (Lipinski definition) is 2. The van der Waals surface area contributed by atoms with Gasteiger partial charge in [-0.05, 0) is 44.4 Å². The molecule has 1 aromatic carbocycles. The third-order valence-electron chi connectivity index (χ3n) is 3.37. The van der Waals surface area contributed by atoms with Crippen molar-refractivity contribution in [3.8, 4) is 0 Å². The molecule has 0 aliphatic carbocycles. The van der Waals surface area contributed by atoms with Crippen molar-refractivity contribution in [3.63, 3.8) is 0 Å². The van der Waals surface area contributed by atoms with Crippen molar-refractivity contribution in [1.29, 1.82) is 0 Å². The van der Waals surface area contributed by atoms with Crippen LogP contribution in [0.5, 0.6) is 0 Å². The van der Waals surface area contributed by atoms with Crippen molar-refractivity contribution in [2.45, 2.75) is 51.9 Å². The highest BCUT2D eigenvalue weighted by molar-refractivity contribution is 6.31. The van der Waals surface area contributed by atoms with Gasteiger partial charge in [-0.2, -0.15) is 13.2 Å². The van der Waals surface area contributed by atoms with Crippen molar-refractivity contribution in [2.75, 3.05) is 11.4 Å². The highest BCUT2D eigenvalue weighted by Gasteiger charge is 2.33. The average molecular weight is 323 g/mol. The zero-order chi connectivity index (χ0) is 16.2. The van der Waals surface area contributed by atoms with E-state index in [4.69, 9.17) is 17.3 Å². The normalized spacial score (nSPS) is 13.6. The van der Waals surface area contributed by atoms with Gasteiger partial charge in [-0.25, -0.2) is 0 Å². The fraction of sp³-hybridized carbons (Fsp3) is 0.600. The summed E-state index contributed by atoms with van der Waals surface area (Å²) in [5.74, 6) is 0. The summed E-state index contributed by atoms with van der Waals surface area (Å²) in [7, 11) is 0. The molecule has 2 N–H and O–H groups in total. The van der Waals surface area contributed by atoms with Crippen LogP contribution in [-0.2, 0) is 6.42 Å². The van der Waals surface area contributed by atoms with Crippen molar-refractivity contribution in [2.24, 2.45) is 5.73 Å². The lowest BCUT2D eigenvalue weighted by Crippen LogP contribution is -2.40. The van der Waals surface area contributed by atoms with Crippen LogP contribution in [0.25, 0.3) is 0 Å². The van der Waals surface area contributed by atoms with Gasteiger partial charge in [-0.1, -0.05) is 24.6 Å². The van der Waals surface area contributed by atoms with E-state index in [0.717, 1.165) is 6.42 Å². The fourth-order valence-electron chi connectivity index (χ4n) is 2.16. The number of nitrogens with zero attached hydrogens (tertiary/aromatic N) is 1. The smallest absolute Gasteiger partial charge is 0.360 e. The molecule has 21 heavy (non-hydrogen) atoms. The third kappa shape index (κ3) is 5.40. The molecule has 0 radical (unpaired) electrons. The number of nitrogens with two attached hydrogens (primary N) is 1. The molecule has 0 aliphatic rings. The maximum atomic E-state index is 12.8. The van der Waals surface area contributed by atoms with Crippen LogP contribution in [0.4, 0.5) is 18.9 Å². The largest absolute Gasteiger partial charge is 0.405 e. The van der Waals surface area contributed by atoms with E-state index in [1.165, 1.54) is 4.90 Å². The standard InChI is InChI=1S/C15H22ClF3N2/c1-4-11(20)8-12-13(16)6-5-7-14(12)21(10(2)3)9-15(17,18)19/h5-7,10-11H,4,8-9,20H2,1-3H3. The highest BCUT2D eigenvalue weighted by Crippen LogP contribution is 2.32. The summed E-state index contributed by atoms with van der Waals surface area (Å²) in [5, 5.41) is 0.462. The van der Waals surface area contributed by atoms with Crippen LogP contribution in [0.2, 0.25) is 5.02 Å². The molecule has 1 aromatic rings. The summed E-state index contributed by atoms with van der Waals surface area (Å²) in [6, 6.07) is 4.62. The first-order valence-corrected chi connectivity index (χ1v) is 7.39. The second-order valence-electron chi connectivity index (χ2n) is 5.45. The second-order valence-corrected chi connectivity index (χ2v) is 5.85. The number of alkyl halides is 3. The lowest BCUT2D eigenvalue weighted by atomic mass is 10.0. The number of anilines is 1. The molecule has 120 valence electrons. The summed E-state index contributed by atoms with van der Waals surface area (Å²) < 4.78 is 38.4. The van der Waals surface area contributed by atoms with E-state index in [2.05, 4.69) is 0 Å². The molecular weight excluding hydrogens is 301 g/mol. The van der Waals surface area contributed by atoms with Gasteiger partial charge in [0, 0.05) is 22.8 Å². The summed E-state index contributed by atoms with van der Waals surface area (Å²) in [6.07, 6.45) is -3.06. The molecule has 0 aliphatic heterocycles. The summed E-state index contributed by atoms with van der Waals surface area (Å²) in [5.41, 5.74) is 7.15. The first-order valence-electron chi connectivity index (χ1n) is 7.02. The van der Waals surface area contributed by atoms with E-state index in [1.54, 1.807) is 32.0 Å². The Kier molecular flexibility index (Phi) is 6.35. The summed E-state index contributed by atoms with van der Waals surface area (Å²) in [6.45, 7) is 4.41.